The van der Waals surface area contributed by atoms with Crippen molar-refractivity contribution in [2.24, 2.45) is 0 Å². The van der Waals surface area contributed by atoms with Crippen LogP contribution in [0.5, 0.6) is 0 Å². The number of aliphatic hydroxyl groups excluding tert-OH is 2. The smallest absolute Gasteiger partial charge is 0.0938 e. The van der Waals surface area contributed by atoms with E-state index in [0.717, 1.165) is 10.3 Å². The molecule has 0 aliphatic carbocycles. The first-order valence-electron chi connectivity index (χ1n) is 4.48. The molecule has 14 heavy (non-hydrogen) atoms. The third-order valence-electron chi connectivity index (χ3n) is 2.34. The fraction of sp³-hybridized carbons (Fsp3) is 0.556. The van der Waals surface area contributed by atoms with E-state index in [1.54, 1.807) is 11.3 Å². The monoisotopic (exact) mass is 277 g/mol. The van der Waals surface area contributed by atoms with Gasteiger partial charge in [-0.3, -0.25) is 4.90 Å². The van der Waals surface area contributed by atoms with E-state index in [9.17, 15) is 10.2 Å². The summed E-state index contributed by atoms with van der Waals surface area (Å²) in [7, 11) is 0. The maximum absolute atomic E-state index is 9.35. The molecule has 0 bridgehead atoms. The molecule has 2 atom stereocenters. The highest BCUT2D eigenvalue weighted by Crippen LogP contribution is 2.24. The van der Waals surface area contributed by atoms with Crippen LogP contribution in [0.25, 0.3) is 0 Å². The molecule has 1 aliphatic heterocycles. The second-order valence-corrected chi connectivity index (χ2v) is 6.08. The topological polar surface area (TPSA) is 43.7 Å². The van der Waals surface area contributed by atoms with Crippen LogP contribution in [0.1, 0.15) is 4.88 Å². The SMILES string of the molecule is O[C@@H]1CN(Cc2ccc(Br)s2)C[C@@H]1O. The maximum Gasteiger partial charge on any atom is 0.0938 e. The summed E-state index contributed by atoms with van der Waals surface area (Å²) in [4.78, 5) is 3.31. The molecular weight excluding hydrogens is 266 g/mol. The number of β-amino-alcohol motifs (C(OH)–C–C–N with tert-alkyl or cyclic N) is 2. The van der Waals surface area contributed by atoms with E-state index < -0.39 is 12.2 Å². The molecule has 1 aromatic heterocycles. The second kappa shape index (κ2) is 4.28. The standard InChI is InChI=1S/C9H12BrNO2S/c10-9-2-1-6(14-9)3-11-4-7(12)8(13)5-11/h1-2,7-8,12-13H,3-5H2/t7-,8+. The van der Waals surface area contributed by atoms with Gasteiger partial charge in [-0.15, -0.1) is 11.3 Å². The summed E-state index contributed by atoms with van der Waals surface area (Å²) in [6.07, 6.45) is -1.17. The Labute approximate surface area is 95.1 Å². The quantitative estimate of drug-likeness (QED) is 0.850. The van der Waals surface area contributed by atoms with Gasteiger partial charge in [0, 0.05) is 24.5 Å². The van der Waals surface area contributed by atoms with Crippen molar-refractivity contribution in [3.8, 4) is 0 Å². The number of aliphatic hydroxyl groups is 2. The molecule has 2 N–H and O–H groups in total. The zero-order valence-electron chi connectivity index (χ0n) is 7.56. The van der Waals surface area contributed by atoms with Gasteiger partial charge in [-0.25, -0.2) is 0 Å². The summed E-state index contributed by atoms with van der Waals surface area (Å²) in [5.74, 6) is 0. The zero-order valence-corrected chi connectivity index (χ0v) is 9.96. The van der Waals surface area contributed by atoms with Crippen molar-refractivity contribution in [2.75, 3.05) is 13.1 Å². The number of thiophene rings is 1. The lowest BCUT2D eigenvalue weighted by atomic mass is 10.3. The number of halogens is 1. The minimum absolute atomic E-state index is 0.566. The molecule has 2 heterocycles. The normalized spacial score (nSPS) is 28.5. The molecule has 0 amide bonds. The van der Waals surface area contributed by atoms with Crippen LogP contribution in [0, 0.1) is 0 Å². The molecule has 5 heteroatoms. The van der Waals surface area contributed by atoms with Crippen LogP contribution in [0.15, 0.2) is 15.9 Å². The van der Waals surface area contributed by atoms with Gasteiger partial charge < -0.3 is 10.2 Å². The van der Waals surface area contributed by atoms with Crippen molar-refractivity contribution in [3.05, 3.63) is 20.8 Å². The fourth-order valence-corrected chi connectivity index (χ4v) is 3.16. The van der Waals surface area contributed by atoms with E-state index in [-0.39, 0.29) is 0 Å². The maximum atomic E-state index is 9.35. The number of rotatable bonds is 2. The molecule has 3 nitrogen and oxygen atoms in total. The van der Waals surface area contributed by atoms with E-state index in [2.05, 4.69) is 26.9 Å². The molecule has 0 aromatic carbocycles. The number of hydrogen-bond acceptors (Lipinski definition) is 4. The average molecular weight is 278 g/mol. The molecule has 2 rings (SSSR count). The van der Waals surface area contributed by atoms with Gasteiger partial charge in [0.2, 0.25) is 0 Å². The van der Waals surface area contributed by atoms with Crippen molar-refractivity contribution in [1.29, 1.82) is 0 Å². The van der Waals surface area contributed by atoms with E-state index in [4.69, 9.17) is 0 Å². The lowest BCUT2D eigenvalue weighted by Gasteiger charge is -2.12. The highest BCUT2D eigenvalue weighted by molar-refractivity contribution is 9.11. The van der Waals surface area contributed by atoms with Crippen molar-refractivity contribution in [2.45, 2.75) is 18.8 Å². The first-order valence-corrected chi connectivity index (χ1v) is 6.09. The van der Waals surface area contributed by atoms with Crippen molar-refractivity contribution in [3.63, 3.8) is 0 Å². The van der Waals surface area contributed by atoms with Gasteiger partial charge in [0.05, 0.1) is 16.0 Å². The van der Waals surface area contributed by atoms with Crippen LogP contribution in [0.2, 0.25) is 0 Å². The largest absolute Gasteiger partial charge is 0.389 e. The highest BCUT2D eigenvalue weighted by Gasteiger charge is 2.29. The summed E-state index contributed by atoms with van der Waals surface area (Å²) in [6, 6.07) is 4.08. The second-order valence-electron chi connectivity index (χ2n) is 3.53. The van der Waals surface area contributed by atoms with E-state index in [1.807, 2.05) is 6.07 Å². The van der Waals surface area contributed by atoms with Crippen LogP contribution < -0.4 is 0 Å². The first kappa shape index (κ1) is 10.6. The molecular formula is C9H12BrNO2S. The molecule has 1 aliphatic rings. The number of hydrogen-bond donors (Lipinski definition) is 2. The van der Waals surface area contributed by atoms with Crippen LogP contribution in [0.4, 0.5) is 0 Å². The molecule has 1 fully saturated rings. The fourth-order valence-electron chi connectivity index (χ4n) is 1.63. The van der Waals surface area contributed by atoms with E-state index >= 15 is 0 Å². The Morgan fingerprint density at radius 1 is 1.36 bits per heavy atom. The molecule has 1 aromatic rings. The Morgan fingerprint density at radius 2 is 2.00 bits per heavy atom. The molecule has 0 radical (unpaired) electrons. The van der Waals surface area contributed by atoms with Gasteiger partial charge in [0.15, 0.2) is 0 Å². The van der Waals surface area contributed by atoms with Crippen molar-refractivity contribution < 1.29 is 10.2 Å². The van der Waals surface area contributed by atoms with E-state index in [0.29, 0.717) is 13.1 Å². The zero-order chi connectivity index (χ0) is 10.1. The Kier molecular flexibility index (Phi) is 3.23. The minimum atomic E-state index is -0.585. The summed E-state index contributed by atoms with van der Waals surface area (Å²) in [5.41, 5.74) is 0. The highest BCUT2D eigenvalue weighted by atomic mass is 79.9. The van der Waals surface area contributed by atoms with Gasteiger partial charge in [0.25, 0.3) is 0 Å². The molecule has 0 unspecified atom stereocenters. The number of nitrogens with zero attached hydrogens (tertiary/aromatic N) is 1. The van der Waals surface area contributed by atoms with Gasteiger partial charge in [-0.2, -0.15) is 0 Å². The third kappa shape index (κ3) is 2.35. The van der Waals surface area contributed by atoms with Gasteiger partial charge in [-0.05, 0) is 28.1 Å². The van der Waals surface area contributed by atoms with Crippen LogP contribution >= 0.6 is 27.3 Å². The molecule has 1 saturated heterocycles. The Balaban J connectivity index is 1.93. The average Bonchev–Trinajstić information content (AvgIpc) is 2.62. The van der Waals surface area contributed by atoms with Crippen LogP contribution in [-0.2, 0) is 6.54 Å². The summed E-state index contributed by atoms with van der Waals surface area (Å²) in [5, 5.41) is 18.7. The lowest BCUT2D eigenvalue weighted by Crippen LogP contribution is -2.22. The summed E-state index contributed by atoms with van der Waals surface area (Å²) >= 11 is 5.10. The van der Waals surface area contributed by atoms with Gasteiger partial charge in [0.1, 0.15) is 0 Å². The lowest BCUT2D eigenvalue weighted by molar-refractivity contribution is 0.0572. The molecule has 78 valence electrons. The predicted octanol–water partition coefficient (Wildman–Crippen LogP) is 1.05. The summed E-state index contributed by atoms with van der Waals surface area (Å²) < 4.78 is 1.12. The number of likely N-dealkylation sites (tertiary alicyclic amines) is 1. The van der Waals surface area contributed by atoms with Crippen molar-refractivity contribution >= 4 is 27.3 Å². The van der Waals surface area contributed by atoms with Crippen LogP contribution in [0.3, 0.4) is 0 Å². The van der Waals surface area contributed by atoms with Crippen molar-refractivity contribution in [1.82, 2.24) is 4.90 Å². The molecule has 0 saturated carbocycles. The van der Waals surface area contributed by atoms with E-state index in [1.165, 1.54) is 4.88 Å². The molecule has 0 spiro atoms. The van der Waals surface area contributed by atoms with Gasteiger partial charge in [-0.1, -0.05) is 0 Å². The van der Waals surface area contributed by atoms with Crippen LogP contribution in [-0.4, -0.2) is 40.4 Å². The Hall–Kier alpha value is 0.0600. The summed E-state index contributed by atoms with van der Waals surface area (Å²) in [6.45, 7) is 1.94. The third-order valence-corrected chi connectivity index (χ3v) is 3.95. The predicted molar refractivity (Wildman–Crippen MR) is 59.3 cm³/mol. The minimum Gasteiger partial charge on any atom is -0.389 e. The Morgan fingerprint density at radius 3 is 2.50 bits per heavy atom. The first-order chi connectivity index (χ1) is 6.65. The Bertz CT molecular complexity index is 308. The van der Waals surface area contributed by atoms with Gasteiger partial charge >= 0.3 is 0 Å².